The molecule has 1 aromatic carbocycles. The Morgan fingerprint density at radius 1 is 1.34 bits per heavy atom. The minimum atomic E-state index is -5.04. The van der Waals surface area contributed by atoms with Crippen LogP contribution in [0.4, 0.5) is 13.2 Å². The van der Waals surface area contributed by atoms with Gasteiger partial charge in [0.15, 0.2) is 5.69 Å². The number of nitrogens with one attached hydrogen (secondary N) is 3. The van der Waals surface area contributed by atoms with E-state index in [-0.39, 0.29) is 27.6 Å². The van der Waals surface area contributed by atoms with Gasteiger partial charge in [-0.15, -0.1) is 0 Å². The zero-order valence-corrected chi connectivity index (χ0v) is 18.5. The normalized spacial score (nSPS) is 11.6. The fraction of sp³-hybridized carbons (Fsp3) is 0.143. The third-order valence-electron chi connectivity index (χ3n) is 4.50. The second-order valence-electron chi connectivity index (χ2n) is 6.85. The maximum atomic E-state index is 13.6. The molecule has 0 aliphatic heterocycles. The number of aromatic nitrogens is 4. The lowest BCUT2D eigenvalue weighted by molar-refractivity contribution is -0.142. The molecule has 180 valence electrons. The number of aromatic amines is 1. The lowest BCUT2D eigenvalue weighted by atomic mass is 10.2. The maximum Gasteiger partial charge on any atom is 0.437 e. The Hall–Kier alpha value is -4.44. The zero-order valence-electron chi connectivity index (χ0n) is 17.8. The summed E-state index contributed by atoms with van der Waals surface area (Å²) < 4.78 is 46.7. The first-order chi connectivity index (χ1) is 16.6. The molecule has 10 nitrogen and oxygen atoms in total. The molecule has 3 aromatic rings. The van der Waals surface area contributed by atoms with E-state index in [4.69, 9.17) is 27.0 Å². The minimum absolute atomic E-state index is 0.000518. The summed E-state index contributed by atoms with van der Waals surface area (Å²) in [7, 11) is 1.56. The molecule has 0 unspecified atom stereocenters. The van der Waals surface area contributed by atoms with Crippen molar-refractivity contribution in [2.24, 2.45) is 0 Å². The predicted octanol–water partition coefficient (Wildman–Crippen LogP) is 2.92. The van der Waals surface area contributed by atoms with E-state index in [1.54, 1.807) is 13.1 Å². The molecule has 0 aliphatic rings. The third kappa shape index (κ3) is 5.74. The largest absolute Gasteiger partial charge is 0.449 e. The Balaban J connectivity index is 2.11. The van der Waals surface area contributed by atoms with E-state index in [0.29, 0.717) is 12.0 Å². The van der Waals surface area contributed by atoms with Gasteiger partial charge >= 0.3 is 6.18 Å². The summed E-state index contributed by atoms with van der Waals surface area (Å²) in [6, 6.07) is 6.60. The van der Waals surface area contributed by atoms with Gasteiger partial charge in [-0.2, -0.15) is 23.5 Å². The lowest BCUT2D eigenvalue weighted by Gasteiger charge is -2.15. The van der Waals surface area contributed by atoms with Gasteiger partial charge in [-0.3, -0.25) is 14.2 Å². The van der Waals surface area contributed by atoms with Crippen LogP contribution in [-0.4, -0.2) is 33.0 Å². The molecule has 35 heavy (non-hydrogen) atoms. The second-order valence-corrected chi connectivity index (χ2v) is 7.28. The standard InChI is InChI=1S/C21H15ClF3N7O3/c1-28-15(2-3-26)16-6-12(19(33)31-30-16)9-32-10-29-18(21(23,24)25)17(20(32)34)35-14-5-11(8-27)4-13(22)7-14/h2-7,10,26,28H,9H2,1H3,(H,31,33)/b15-2-,26-3?. The Kier molecular flexibility index (Phi) is 7.36. The highest BCUT2D eigenvalue weighted by Crippen LogP contribution is 2.35. The van der Waals surface area contributed by atoms with Gasteiger partial charge in [0.2, 0.25) is 5.75 Å². The number of hydrogen-bond acceptors (Lipinski definition) is 8. The summed E-state index contributed by atoms with van der Waals surface area (Å²) in [5.74, 6) is -1.44. The van der Waals surface area contributed by atoms with Crippen molar-refractivity contribution in [3.05, 3.63) is 84.9 Å². The zero-order chi connectivity index (χ0) is 25.8. The van der Waals surface area contributed by atoms with Crippen LogP contribution in [-0.2, 0) is 12.7 Å². The minimum Gasteiger partial charge on any atom is -0.449 e. The number of H-pyrrole nitrogens is 1. The van der Waals surface area contributed by atoms with Gasteiger partial charge in [0.25, 0.3) is 11.1 Å². The van der Waals surface area contributed by atoms with Crippen LogP contribution in [0.25, 0.3) is 5.70 Å². The molecule has 2 aromatic heterocycles. The SMILES string of the molecule is CN/C(=C\C=N)c1cc(Cn2cnc(C(F)(F)F)c(Oc3cc(Cl)cc(C#N)c3)c2=O)c(=O)[nH]n1. The number of benzene rings is 1. The Labute approximate surface area is 199 Å². The van der Waals surface area contributed by atoms with Gasteiger partial charge in [0, 0.05) is 23.8 Å². The Bertz CT molecular complexity index is 1470. The van der Waals surface area contributed by atoms with Crippen molar-refractivity contribution >= 4 is 23.5 Å². The van der Waals surface area contributed by atoms with Gasteiger partial charge in [-0.1, -0.05) is 11.6 Å². The monoisotopic (exact) mass is 505 g/mol. The molecule has 0 atom stereocenters. The van der Waals surface area contributed by atoms with Crippen molar-refractivity contribution in [3.63, 3.8) is 0 Å². The summed E-state index contributed by atoms with van der Waals surface area (Å²) in [6.45, 7) is -0.467. The first kappa shape index (κ1) is 25.2. The number of rotatable bonds is 7. The molecule has 0 saturated heterocycles. The third-order valence-corrected chi connectivity index (χ3v) is 4.72. The maximum absolute atomic E-state index is 13.6. The van der Waals surface area contributed by atoms with E-state index in [2.05, 4.69) is 20.5 Å². The van der Waals surface area contributed by atoms with Crippen LogP contribution < -0.4 is 21.2 Å². The van der Waals surface area contributed by atoms with E-state index >= 15 is 0 Å². The molecular weight excluding hydrogens is 491 g/mol. The van der Waals surface area contributed by atoms with Crippen molar-refractivity contribution in [3.8, 4) is 17.6 Å². The molecule has 0 amide bonds. The predicted molar refractivity (Wildman–Crippen MR) is 120 cm³/mol. The molecule has 2 heterocycles. The lowest BCUT2D eigenvalue weighted by Crippen LogP contribution is -2.29. The fourth-order valence-electron chi connectivity index (χ4n) is 2.95. The van der Waals surface area contributed by atoms with Crippen molar-refractivity contribution < 1.29 is 17.9 Å². The van der Waals surface area contributed by atoms with Crippen molar-refractivity contribution in [1.82, 2.24) is 25.1 Å². The molecule has 0 saturated carbocycles. The number of allylic oxidation sites excluding steroid dienone is 1. The number of nitriles is 1. The van der Waals surface area contributed by atoms with E-state index in [9.17, 15) is 22.8 Å². The molecule has 0 bridgehead atoms. The summed E-state index contributed by atoms with van der Waals surface area (Å²) >= 11 is 5.88. The molecule has 3 rings (SSSR count). The van der Waals surface area contributed by atoms with Crippen molar-refractivity contribution in [1.29, 1.82) is 10.7 Å². The number of nitrogens with zero attached hydrogens (tertiary/aromatic N) is 4. The highest BCUT2D eigenvalue weighted by Gasteiger charge is 2.38. The van der Waals surface area contributed by atoms with Crippen LogP contribution in [0.3, 0.4) is 0 Å². The van der Waals surface area contributed by atoms with E-state index < -0.39 is 35.3 Å². The summed E-state index contributed by atoms with van der Waals surface area (Å²) in [4.78, 5) is 28.6. The molecule has 0 aliphatic carbocycles. The van der Waals surface area contributed by atoms with Gasteiger partial charge < -0.3 is 15.5 Å². The van der Waals surface area contributed by atoms with Crippen LogP contribution in [0.15, 0.2) is 46.3 Å². The second kappa shape index (κ2) is 10.2. The van der Waals surface area contributed by atoms with Gasteiger partial charge in [-0.05, 0) is 30.3 Å². The number of ether oxygens (including phenoxy) is 1. The molecule has 0 spiro atoms. The highest BCUT2D eigenvalue weighted by atomic mass is 35.5. The fourth-order valence-corrected chi connectivity index (χ4v) is 3.17. The number of halogens is 4. The van der Waals surface area contributed by atoms with E-state index in [1.807, 2.05) is 0 Å². The van der Waals surface area contributed by atoms with Crippen LogP contribution in [0.5, 0.6) is 11.5 Å². The van der Waals surface area contributed by atoms with Crippen LogP contribution in [0.1, 0.15) is 22.5 Å². The Morgan fingerprint density at radius 3 is 2.71 bits per heavy atom. The van der Waals surface area contributed by atoms with E-state index in [1.165, 1.54) is 18.2 Å². The summed E-state index contributed by atoms with van der Waals surface area (Å²) in [5.41, 5.74) is -2.95. The molecule has 14 heteroatoms. The Morgan fingerprint density at radius 2 is 2.09 bits per heavy atom. The topological polar surface area (TPSA) is 150 Å². The van der Waals surface area contributed by atoms with Crippen LogP contribution in [0, 0.1) is 16.7 Å². The molecular formula is C21H15ClF3N7O3. The molecule has 0 radical (unpaired) electrons. The van der Waals surface area contributed by atoms with Crippen molar-refractivity contribution in [2.75, 3.05) is 7.05 Å². The molecule has 0 fully saturated rings. The van der Waals surface area contributed by atoms with Crippen LogP contribution in [0.2, 0.25) is 5.02 Å². The smallest absolute Gasteiger partial charge is 0.437 e. The highest BCUT2D eigenvalue weighted by molar-refractivity contribution is 6.30. The number of hydrogen-bond donors (Lipinski definition) is 3. The van der Waals surface area contributed by atoms with E-state index in [0.717, 1.165) is 22.9 Å². The van der Waals surface area contributed by atoms with Crippen molar-refractivity contribution in [2.45, 2.75) is 12.7 Å². The first-order valence-electron chi connectivity index (χ1n) is 9.60. The quantitative estimate of drug-likeness (QED) is 0.418. The molecule has 3 N–H and O–H groups in total. The number of alkyl halides is 3. The average Bonchev–Trinajstić information content (AvgIpc) is 2.80. The van der Waals surface area contributed by atoms with Crippen LogP contribution >= 0.6 is 11.6 Å². The summed E-state index contributed by atoms with van der Waals surface area (Å²) in [6.07, 6.45) is -2.05. The van der Waals surface area contributed by atoms with Gasteiger partial charge in [0.05, 0.1) is 30.2 Å². The van der Waals surface area contributed by atoms with Gasteiger partial charge in [-0.25, -0.2) is 10.1 Å². The average molecular weight is 506 g/mol. The summed E-state index contributed by atoms with van der Waals surface area (Å²) in [5, 5.41) is 25.1. The van der Waals surface area contributed by atoms with Gasteiger partial charge in [0.1, 0.15) is 11.4 Å². The first-order valence-corrected chi connectivity index (χ1v) is 9.97.